The molecule has 17 heavy (non-hydrogen) atoms. The third-order valence-electron chi connectivity index (χ3n) is 2.47. The maximum atomic E-state index is 12.4. The van der Waals surface area contributed by atoms with Crippen LogP contribution in [-0.4, -0.2) is 17.6 Å². The van der Waals surface area contributed by atoms with Gasteiger partial charge in [-0.25, -0.2) is 0 Å². The molecule has 1 rings (SSSR count). The topological polar surface area (TPSA) is 52.6 Å². The summed E-state index contributed by atoms with van der Waals surface area (Å²) in [6.07, 6.45) is -1.55. The van der Waals surface area contributed by atoms with Crippen molar-refractivity contribution < 1.29 is 18.9 Å². The molecule has 0 bridgehead atoms. The van der Waals surface area contributed by atoms with E-state index in [9.17, 15) is 13.2 Å². The van der Waals surface area contributed by atoms with Gasteiger partial charge in [0.1, 0.15) is 5.69 Å². The van der Waals surface area contributed by atoms with Gasteiger partial charge in [0.05, 0.1) is 6.54 Å². The van der Waals surface area contributed by atoms with Crippen LogP contribution in [0.1, 0.15) is 25.5 Å². The van der Waals surface area contributed by atoms with Crippen molar-refractivity contribution in [1.29, 1.82) is 0 Å². The Morgan fingerprint density at radius 1 is 1.47 bits per heavy atom. The van der Waals surface area contributed by atoms with Gasteiger partial charge in [-0.1, -0.05) is 6.92 Å². The van der Waals surface area contributed by atoms with Crippen LogP contribution in [0.4, 0.5) is 18.9 Å². The summed E-state index contributed by atoms with van der Waals surface area (Å²) in [7, 11) is 0. The van der Waals surface area contributed by atoms with E-state index in [0.29, 0.717) is 5.69 Å². The maximum absolute atomic E-state index is 12.4. The fourth-order valence-corrected chi connectivity index (χ4v) is 1.54. The van der Waals surface area contributed by atoms with E-state index in [2.05, 4.69) is 16.0 Å². The molecule has 6 heteroatoms. The number of nitrogens with zero attached hydrogens (tertiary/aromatic N) is 1. The molecule has 1 atom stereocenters. The molecule has 1 aromatic heterocycles. The summed E-state index contributed by atoms with van der Waals surface area (Å²) in [5, 5.41) is 3.06. The number of quaternary nitrogens is 1. The maximum Gasteiger partial charge on any atom is 0.433 e. The molecule has 0 aliphatic heterocycles. The minimum atomic E-state index is -4.40. The highest BCUT2D eigenvalue weighted by atomic mass is 19.4. The van der Waals surface area contributed by atoms with Crippen LogP contribution < -0.4 is 11.1 Å². The Labute approximate surface area is 98.2 Å². The molecule has 0 radical (unpaired) electrons. The van der Waals surface area contributed by atoms with Gasteiger partial charge in [0, 0.05) is 24.3 Å². The minimum absolute atomic E-state index is 0.149. The molecule has 0 spiro atoms. The highest BCUT2D eigenvalue weighted by Crippen LogP contribution is 2.29. The molecule has 0 amide bonds. The average Bonchev–Trinajstić information content (AvgIpc) is 2.28. The van der Waals surface area contributed by atoms with E-state index in [1.165, 1.54) is 6.20 Å². The molecule has 3 nitrogen and oxygen atoms in total. The third kappa shape index (κ3) is 4.22. The number of alkyl halides is 3. The molecule has 0 saturated heterocycles. The number of rotatable bonds is 5. The molecular formula is C11H17F3N3+. The number of anilines is 1. The molecule has 0 fully saturated rings. The van der Waals surface area contributed by atoms with Crippen molar-refractivity contribution in [2.75, 3.05) is 11.9 Å². The molecule has 0 aliphatic rings. The van der Waals surface area contributed by atoms with E-state index in [1.807, 2.05) is 6.92 Å². The number of hydrogen-bond acceptors (Lipinski definition) is 2. The molecule has 1 aromatic rings. The first kappa shape index (κ1) is 13.8. The zero-order valence-corrected chi connectivity index (χ0v) is 9.72. The van der Waals surface area contributed by atoms with E-state index < -0.39 is 11.9 Å². The highest BCUT2D eigenvalue weighted by molar-refractivity contribution is 5.44. The second-order valence-corrected chi connectivity index (χ2v) is 3.82. The molecule has 96 valence electrons. The van der Waals surface area contributed by atoms with Crippen LogP contribution >= 0.6 is 0 Å². The van der Waals surface area contributed by atoms with Gasteiger partial charge in [0.25, 0.3) is 0 Å². The summed E-state index contributed by atoms with van der Waals surface area (Å²) < 4.78 is 37.3. The van der Waals surface area contributed by atoms with Crippen molar-refractivity contribution in [3.63, 3.8) is 0 Å². The summed E-state index contributed by atoms with van der Waals surface area (Å²) in [6.45, 7) is 2.74. The number of halogens is 3. The van der Waals surface area contributed by atoms with E-state index in [4.69, 9.17) is 0 Å². The zero-order chi connectivity index (χ0) is 12.9. The lowest BCUT2D eigenvalue weighted by atomic mass is 10.1. The first-order valence-corrected chi connectivity index (χ1v) is 5.56. The van der Waals surface area contributed by atoms with Gasteiger partial charge in [-0.05, 0) is 18.6 Å². The first-order chi connectivity index (χ1) is 7.97. The fraction of sp³-hybridized carbons (Fsp3) is 0.545. The Kier molecular flexibility index (Phi) is 4.74. The molecule has 0 aliphatic carbocycles. The Bertz CT molecular complexity index is 352. The third-order valence-corrected chi connectivity index (χ3v) is 2.47. The summed E-state index contributed by atoms with van der Waals surface area (Å²) in [6, 6.07) is 2.73. The van der Waals surface area contributed by atoms with Crippen molar-refractivity contribution in [2.45, 2.75) is 32.0 Å². The quantitative estimate of drug-likeness (QED) is 0.836. The van der Waals surface area contributed by atoms with Crippen molar-refractivity contribution in [1.82, 2.24) is 4.98 Å². The van der Waals surface area contributed by atoms with E-state index >= 15 is 0 Å². The van der Waals surface area contributed by atoms with Crippen LogP contribution in [-0.2, 0) is 6.18 Å². The zero-order valence-electron chi connectivity index (χ0n) is 9.72. The van der Waals surface area contributed by atoms with E-state index in [0.717, 1.165) is 25.5 Å². The second-order valence-electron chi connectivity index (χ2n) is 3.82. The second kappa shape index (κ2) is 5.86. The average molecular weight is 248 g/mol. The van der Waals surface area contributed by atoms with Crippen molar-refractivity contribution >= 4 is 5.69 Å². The largest absolute Gasteiger partial charge is 0.433 e. The predicted molar refractivity (Wildman–Crippen MR) is 59.3 cm³/mol. The molecular weight excluding hydrogens is 231 g/mol. The smallest absolute Gasteiger partial charge is 0.382 e. The van der Waals surface area contributed by atoms with Gasteiger partial charge in [-0.2, -0.15) is 13.2 Å². The van der Waals surface area contributed by atoms with Gasteiger partial charge in [0.15, 0.2) is 0 Å². The van der Waals surface area contributed by atoms with Gasteiger partial charge in [-0.15, -0.1) is 0 Å². The van der Waals surface area contributed by atoms with Gasteiger partial charge in [-0.3, -0.25) is 4.98 Å². The fourth-order valence-electron chi connectivity index (χ4n) is 1.54. The number of pyridine rings is 1. The van der Waals surface area contributed by atoms with Crippen molar-refractivity contribution in [2.24, 2.45) is 0 Å². The van der Waals surface area contributed by atoms with Crippen LogP contribution in [0, 0.1) is 0 Å². The van der Waals surface area contributed by atoms with Crippen LogP contribution in [0.15, 0.2) is 18.3 Å². The lowest BCUT2D eigenvalue weighted by Crippen LogP contribution is -2.51. The van der Waals surface area contributed by atoms with Crippen molar-refractivity contribution in [3.8, 4) is 0 Å². The van der Waals surface area contributed by atoms with Crippen LogP contribution in [0.5, 0.6) is 0 Å². The normalized spacial score (nSPS) is 13.5. The molecule has 1 unspecified atom stereocenters. The minimum Gasteiger partial charge on any atom is -0.382 e. The van der Waals surface area contributed by atoms with E-state index in [-0.39, 0.29) is 6.04 Å². The number of nitrogens with one attached hydrogen (secondary N) is 1. The number of hydrogen-bond donors (Lipinski definition) is 2. The Morgan fingerprint density at radius 3 is 2.71 bits per heavy atom. The summed E-state index contributed by atoms with van der Waals surface area (Å²) in [5.41, 5.74) is 3.32. The lowest BCUT2D eigenvalue weighted by molar-refractivity contribution is -0.368. The SMILES string of the molecule is CCC(CC[NH3+])Nc1ccnc(C(F)(F)F)c1. The van der Waals surface area contributed by atoms with Crippen LogP contribution in [0.25, 0.3) is 0 Å². The summed E-state index contributed by atoms with van der Waals surface area (Å²) in [4.78, 5) is 3.31. The summed E-state index contributed by atoms with van der Waals surface area (Å²) >= 11 is 0. The summed E-state index contributed by atoms with van der Waals surface area (Å²) in [5.74, 6) is 0. The van der Waals surface area contributed by atoms with Gasteiger partial charge in [0.2, 0.25) is 0 Å². The molecule has 0 saturated carbocycles. The molecule has 0 aromatic carbocycles. The highest BCUT2D eigenvalue weighted by Gasteiger charge is 2.32. The predicted octanol–water partition coefficient (Wildman–Crippen LogP) is 1.92. The van der Waals surface area contributed by atoms with Crippen LogP contribution in [0.3, 0.4) is 0 Å². The number of aromatic nitrogens is 1. The standard InChI is InChI=1S/C11H16F3N3/c1-2-8(3-5-15)17-9-4-6-16-10(7-9)11(12,13)14/h4,6-8H,2-3,5,15H2,1H3,(H,16,17)/p+1. The molecule has 1 heterocycles. The van der Waals surface area contributed by atoms with Gasteiger partial charge >= 0.3 is 6.18 Å². The Balaban J connectivity index is 2.78. The van der Waals surface area contributed by atoms with Gasteiger partial charge < -0.3 is 11.1 Å². The van der Waals surface area contributed by atoms with Crippen LogP contribution in [0.2, 0.25) is 0 Å². The Morgan fingerprint density at radius 2 is 2.18 bits per heavy atom. The monoisotopic (exact) mass is 248 g/mol. The molecule has 4 N–H and O–H groups in total. The van der Waals surface area contributed by atoms with Crippen molar-refractivity contribution in [3.05, 3.63) is 24.0 Å². The lowest BCUT2D eigenvalue weighted by Gasteiger charge is -2.17. The first-order valence-electron chi connectivity index (χ1n) is 5.56. The Hall–Kier alpha value is -1.30. The van der Waals surface area contributed by atoms with E-state index in [1.54, 1.807) is 6.07 Å².